The van der Waals surface area contributed by atoms with Crippen molar-refractivity contribution in [1.82, 2.24) is 15.0 Å². The van der Waals surface area contributed by atoms with Gasteiger partial charge in [0.2, 0.25) is 0 Å². The topological polar surface area (TPSA) is 69.0 Å². The summed E-state index contributed by atoms with van der Waals surface area (Å²) in [4.78, 5) is 12.4. The molecule has 1 heterocycles. The number of carbonyl (C=O) groups is 1. The number of amides is 1. The van der Waals surface area contributed by atoms with Crippen molar-refractivity contribution in [3.05, 3.63) is 66.0 Å². The van der Waals surface area contributed by atoms with Crippen molar-refractivity contribution >= 4 is 11.6 Å². The summed E-state index contributed by atoms with van der Waals surface area (Å²) in [6, 6.07) is 15.2. The first kappa shape index (κ1) is 16.7. The molecule has 128 valence electrons. The van der Waals surface area contributed by atoms with E-state index >= 15 is 0 Å². The Bertz CT molecular complexity index is 856. The number of nitrogens with one attached hydrogen (secondary N) is 1. The van der Waals surface area contributed by atoms with E-state index in [2.05, 4.69) is 15.6 Å². The summed E-state index contributed by atoms with van der Waals surface area (Å²) in [7, 11) is 0. The van der Waals surface area contributed by atoms with Crippen molar-refractivity contribution in [2.75, 3.05) is 11.9 Å². The second-order valence-corrected chi connectivity index (χ2v) is 5.44. The van der Waals surface area contributed by atoms with Crippen LogP contribution >= 0.6 is 0 Å². The maximum Gasteiger partial charge on any atom is 0.277 e. The maximum atomic E-state index is 12.4. The van der Waals surface area contributed by atoms with Gasteiger partial charge in [-0.05, 0) is 49.2 Å². The summed E-state index contributed by atoms with van der Waals surface area (Å²) in [5.41, 5.74) is 2.95. The van der Waals surface area contributed by atoms with Crippen molar-refractivity contribution in [2.24, 2.45) is 0 Å². The number of nitrogens with zero attached hydrogens (tertiary/aromatic N) is 3. The van der Waals surface area contributed by atoms with Crippen molar-refractivity contribution < 1.29 is 9.53 Å². The molecule has 0 bridgehead atoms. The molecule has 0 unspecified atom stereocenters. The molecule has 3 aromatic rings. The van der Waals surface area contributed by atoms with Crippen LogP contribution in [0.15, 0.2) is 54.7 Å². The molecule has 0 radical (unpaired) electrons. The van der Waals surface area contributed by atoms with Crippen molar-refractivity contribution in [2.45, 2.75) is 20.3 Å². The van der Waals surface area contributed by atoms with Gasteiger partial charge in [0.15, 0.2) is 5.69 Å². The van der Waals surface area contributed by atoms with Gasteiger partial charge < -0.3 is 10.1 Å². The fourth-order valence-corrected chi connectivity index (χ4v) is 2.49. The average molecular weight is 336 g/mol. The summed E-state index contributed by atoms with van der Waals surface area (Å²) >= 11 is 0. The zero-order valence-corrected chi connectivity index (χ0v) is 14.3. The molecule has 1 aromatic heterocycles. The fraction of sp³-hybridized carbons (Fsp3) is 0.211. The molecule has 3 rings (SSSR count). The van der Waals surface area contributed by atoms with Gasteiger partial charge in [-0.2, -0.15) is 0 Å². The average Bonchev–Trinajstić information content (AvgIpc) is 3.13. The number of hydrogen-bond donors (Lipinski definition) is 1. The molecule has 0 saturated carbocycles. The highest BCUT2D eigenvalue weighted by Crippen LogP contribution is 2.17. The summed E-state index contributed by atoms with van der Waals surface area (Å²) in [5.74, 6) is 0.513. The molecule has 25 heavy (non-hydrogen) atoms. The highest BCUT2D eigenvalue weighted by atomic mass is 16.5. The molecule has 2 aromatic carbocycles. The third-order valence-electron chi connectivity index (χ3n) is 3.78. The molecule has 6 nitrogen and oxygen atoms in total. The number of para-hydroxylation sites is 1. The van der Waals surface area contributed by atoms with Crippen LogP contribution in [0.5, 0.6) is 5.75 Å². The van der Waals surface area contributed by atoms with Crippen LogP contribution < -0.4 is 10.1 Å². The molecule has 0 atom stereocenters. The van der Waals surface area contributed by atoms with Gasteiger partial charge in [0.25, 0.3) is 5.91 Å². The quantitative estimate of drug-likeness (QED) is 0.748. The van der Waals surface area contributed by atoms with Gasteiger partial charge in [-0.1, -0.05) is 30.3 Å². The summed E-state index contributed by atoms with van der Waals surface area (Å²) in [6.07, 6.45) is 2.45. The summed E-state index contributed by atoms with van der Waals surface area (Å²) in [5, 5.41) is 10.9. The predicted octanol–water partition coefficient (Wildman–Crippen LogP) is 3.48. The monoisotopic (exact) mass is 336 g/mol. The highest BCUT2D eigenvalue weighted by Gasteiger charge is 2.13. The minimum atomic E-state index is -0.280. The maximum absolute atomic E-state index is 12.4. The van der Waals surface area contributed by atoms with E-state index in [1.165, 1.54) is 0 Å². The van der Waals surface area contributed by atoms with E-state index in [1.807, 2.05) is 62.4 Å². The number of ether oxygens (including phenoxy) is 1. The molecule has 0 aliphatic carbocycles. The second-order valence-electron chi connectivity index (χ2n) is 5.44. The number of rotatable bonds is 6. The van der Waals surface area contributed by atoms with E-state index in [-0.39, 0.29) is 11.6 Å². The number of aryl methyl sites for hydroxylation is 1. The number of hydrogen-bond acceptors (Lipinski definition) is 4. The standard InChI is InChI=1S/C19H20N4O2/c1-3-14-7-5-6-8-17(14)20-19(24)18-13-23(22-21-18)15-9-11-16(12-10-15)25-4-2/h5-13H,3-4H2,1-2H3,(H,20,24). The number of benzene rings is 2. The van der Waals surface area contributed by atoms with Crippen LogP contribution in [0.25, 0.3) is 5.69 Å². The lowest BCUT2D eigenvalue weighted by Gasteiger charge is -2.07. The molecule has 0 spiro atoms. The van der Waals surface area contributed by atoms with Crippen LogP contribution in [0.1, 0.15) is 29.9 Å². The van der Waals surface area contributed by atoms with Gasteiger partial charge in [0, 0.05) is 5.69 Å². The third kappa shape index (κ3) is 3.85. The molecule has 1 amide bonds. The Hall–Kier alpha value is -3.15. The first-order valence-electron chi connectivity index (χ1n) is 8.26. The van der Waals surface area contributed by atoms with E-state index in [0.717, 1.165) is 29.1 Å². The van der Waals surface area contributed by atoms with Gasteiger partial charge >= 0.3 is 0 Å². The van der Waals surface area contributed by atoms with Crippen LogP contribution in [-0.4, -0.2) is 27.5 Å². The highest BCUT2D eigenvalue weighted by molar-refractivity contribution is 6.03. The first-order chi connectivity index (χ1) is 12.2. The molecule has 6 heteroatoms. The van der Waals surface area contributed by atoms with E-state index in [0.29, 0.717) is 6.61 Å². The van der Waals surface area contributed by atoms with E-state index in [1.54, 1.807) is 10.9 Å². The Morgan fingerprint density at radius 2 is 1.88 bits per heavy atom. The fourth-order valence-electron chi connectivity index (χ4n) is 2.49. The minimum Gasteiger partial charge on any atom is -0.494 e. The molecular formula is C19H20N4O2. The van der Waals surface area contributed by atoms with Gasteiger partial charge in [-0.25, -0.2) is 4.68 Å². The summed E-state index contributed by atoms with van der Waals surface area (Å²) < 4.78 is 6.98. The van der Waals surface area contributed by atoms with E-state index in [9.17, 15) is 4.79 Å². The zero-order valence-electron chi connectivity index (χ0n) is 14.3. The van der Waals surface area contributed by atoms with Crippen LogP contribution in [0, 0.1) is 0 Å². The molecular weight excluding hydrogens is 316 g/mol. The van der Waals surface area contributed by atoms with Crippen LogP contribution in [-0.2, 0) is 6.42 Å². The third-order valence-corrected chi connectivity index (χ3v) is 3.78. The lowest BCUT2D eigenvalue weighted by molar-refractivity contribution is 0.102. The van der Waals surface area contributed by atoms with Gasteiger partial charge in [-0.3, -0.25) is 4.79 Å². The van der Waals surface area contributed by atoms with Crippen molar-refractivity contribution in [3.8, 4) is 11.4 Å². The van der Waals surface area contributed by atoms with Gasteiger partial charge in [0.05, 0.1) is 18.5 Å². The van der Waals surface area contributed by atoms with Crippen LogP contribution in [0.3, 0.4) is 0 Å². The SMILES string of the molecule is CCOc1ccc(-n2cc(C(=O)Nc3ccccc3CC)nn2)cc1. The number of carbonyl (C=O) groups excluding carboxylic acids is 1. The van der Waals surface area contributed by atoms with Crippen LogP contribution in [0.4, 0.5) is 5.69 Å². The Kier molecular flexibility index (Phi) is 5.09. The molecule has 0 aliphatic rings. The van der Waals surface area contributed by atoms with Gasteiger partial charge in [0.1, 0.15) is 5.75 Å². The lowest BCUT2D eigenvalue weighted by Crippen LogP contribution is -2.13. The Balaban J connectivity index is 1.75. The zero-order chi connectivity index (χ0) is 17.6. The largest absolute Gasteiger partial charge is 0.494 e. The van der Waals surface area contributed by atoms with Crippen molar-refractivity contribution in [1.29, 1.82) is 0 Å². The van der Waals surface area contributed by atoms with E-state index < -0.39 is 0 Å². The molecule has 0 aliphatic heterocycles. The van der Waals surface area contributed by atoms with Gasteiger partial charge in [-0.15, -0.1) is 5.10 Å². The predicted molar refractivity (Wildman–Crippen MR) is 96.3 cm³/mol. The Morgan fingerprint density at radius 3 is 2.60 bits per heavy atom. The van der Waals surface area contributed by atoms with Crippen LogP contribution in [0.2, 0.25) is 0 Å². The number of anilines is 1. The second kappa shape index (κ2) is 7.61. The first-order valence-corrected chi connectivity index (χ1v) is 8.26. The molecule has 0 saturated heterocycles. The minimum absolute atomic E-state index is 0.264. The Morgan fingerprint density at radius 1 is 1.12 bits per heavy atom. The summed E-state index contributed by atoms with van der Waals surface area (Å²) in [6.45, 7) is 4.60. The Labute approximate surface area is 146 Å². The smallest absolute Gasteiger partial charge is 0.277 e. The molecule has 0 fully saturated rings. The molecule has 1 N–H and O–H groups in total. The normalized spacial score (nSPS) is 10.5. The van der Waals surface area contributed by atoms with Crippen molar-refractivity contribution in [3.63, 3.8) is 0 Å². The lowest BCUT2D eigenvalue weighted by atomic mass is 10.1. The number of aromatic nitrogens is 3. The van der Waals surface area contributed by atoms with E-state index in [4.69, 9.17) is 4.74 Å².